The summed E-state index contributed by atoms with van der Waals surface area (Å²) in [6.07, 6.45) is 3.05. The van der Waals surface area contributed by atoms with Gasteiger partial charge in [0.25, 0.3) is 5.91 Å². The van der Waals surface area contributed by atoms with Crippen molar-refractivity contribution < 1.29 is 4.79 Å². The molecule has 6 heteroatoms. The van der Waals surface area contributed by atoms with E-state index < -0.39 is 0 Å². The van der Waals surface area contributed by atoms with Crippen LogP contribution in [-0.2, 0) is 0 Å². The number of pyridine rings is 2. The summed E-state index contributed by atoms with van der Waals surface area (Å²) >= 11 is 0. The number of rotatable bonds is 5. The van der Waals surface area contributed by atoms with Crippen molar-refractivity contribution in [2.45, 2.75) is 13.8 Å². The molecule has 6 nitrogen and oxygen atoms in total. The van der Waals surface area contributed by atoms with Crippen molar-refractivity contribution in [1.29, 1.82) is 0 Å². The molecule has 0 spiro atoms. The fourth-order valence-electron chi connectivity index (χ4n) is 1.98. The summed E-state index contributed by atoms with van der Waals surface area (Å²) in [6.45, 7) is 5.88. The summed E-state index contributed by atoms with van der Waals surface area (Å²) in [4.78, 5) is 32.1. The number of aromatic nitrogens is 2. The number of nitrogens with zero attached hydrogens (tertiary/aromatic N) is 2. The van der Waals surface area contributed by atoms with Crippen LogP contribution >= 0.6 is 0 Å². The van der Waals surface area contributed by atoms with Crippen molar-refractivity contribution in [2.75, 3.05) is 23.3 Å². The average Bonchev–Trinajstić information content (AvgIpc) is 2.50. The van der Waals surface area contributed by atoms with Gasteiger partial charge in [0.2, 0.25) is 5.56 Å². The number of hydrogen-bond acceptors (Lipinski definition) is 4. The molecule has 2 heterocycles. The third kappa shape index (κ3) is 3.68. The summed E-state index contributed by atoms with van der Waals surface area (Å²) in [7, 11) is 0. The second-order valence-corrected chi connectivity index (χ2v) is 4.47. The van der Waals surface area contributed by atoms with Gasteiger partial charge in [-0.25, -0.2) is 4.98 Å². The van der Waals surface area contributed by atoms with E-state index in [-0.39, 0.29) is 11.5 Å². The maximum Gasteiger partial charge on any atom is 0.255 e. The van der Waals surface area contributed by atoms with E-state index in [9.17, 15) is 9.59 Å². The van der Waals surface area contributed by atoms with Crippen molar-refractivity contribution in [3.63, 3.8) is 0 Å². The Morgan fingerprint density at radius 1 is 1.29 bits per heavy atom. The van der Waals surface area contributed by atoms with Crippen molar-refractivity contribution >= 4 is 17.4 Å². The zero-order valence-corrected chi connectivity index (χ0v) is 12.1. The molecule has 2 rings (SSSR count). The predicted octanol–water partition coefficient (Wildman–Crippen LogP) is 1.87. The minimum Gasteiger partial charge on any atom is -0.357 e. The van der Waals surface area contributed by atoms with Crippen molar-refractivity contribution in [3.8, 4) is 0 Å². The number of carbonyl (C=O) groups is 1. The molecule has 2 N–H and O–H groups in total. The minimum atomic E-state index is -0.335. The molecule has 0 aliphatic carbocycles. The van der Waals surface area contributed by atoms with Gasteiger partial charge < -0.3 is 15.2 Å². The normalized spacial score (nSPS) is 10.2. The molecular weight excluding hydrogens is 268 g/mol. The Labute approximate surface area is 122 Å². The zero-order chi connectivity index (χ0) is 15.2. The second-order valence-electron chi connectivity index (χ2n) is 4.47. The van der Waals surface area contributed by atoms with E-state index in [4.69, 9.17) is 0 Å². The quantitative estimate of drug-likeness (QED) is 0.879. The number of aromatic amines is 1. The highest BCUT2D eigenvalue weighted by atomic mass is 16.2. The molecule has 0 aromatic carbocycles. The minimum absolute atomic E-state index is 0.308. The van der Waals surface area contributed by atoms with Crippen LogP contribution in [-0.4, -0.2) is 29.0 Å². The van der Waals surface area contributed by atoms with Gasteiger partial charge in [-0.3, -0.25) is 9.59 Å². The smallest absolute Gasteiger partial charge is 0.255 e. The Hall–Kier alpha value is -2.63. The fraction of sp³-hybridized carbons (Fsp3) is 0.267. The highest BCUT2D eigenvalue weighted by Crippen LogP contribution is 2.14. The molecule has 0 bridgehead atoms. The van der Waals surface area contributed by atoms with Gasteiger partial charge in [-0.05, 0) is 32.0 Å². The van der Waals surface area contributed by atoms with Gasteiger partial charge in [-0.15, -0.1) is 0 Å². The van der Waals surface area contributed by atoms with Crippen molar-refractivity contribution in [1.82, 2.24) is 9.97 Å². The number of H-pyrrole nitrogens is 1. The molecule has 0 atom stereocenters. The first-order chi connectivity index (χ1) is 10.1. The van der Waals surface area contributed by atoms with Crippen LogP contribution in [0.4, 0.5) is 11.5 Å². The van der Waals surface area contributed by atoms with Crippen LogP contribution in [0.3, 0.4) is 0 Å². The highest BCUT2D eigenvalue weighted by Gasteiger charge is 2.08. The molecule has 0 radical (unpaired) electrons. The van der Waals surface area contributed by atoms with Gasteiger partial charge in [-0.2, -0.15) is 0 Å². The van der Waals surface area contributed by atoms with Crippen LogP contribution in [0, 0.1) is 0 Å². The molecule has 0 aliphatic heterocycles. The van der Waals surface area contributed by atoms with E-state index in [1.54, 1.807) is 18.3 Å². The van der Waals surface area contributed by atoms with E-state index in [0.29, 0.717) is 11.3 Å². The van der Waals surface area contributed by atoms with E-state index in [0.717, 1.165) is 18.9 Å². The van der Waals surface area contributed by atoms with Crippen molar-refractivity contribution in [2.24, 2.45) is 0 Å². The number of nitrogens with one attached hydrogen (secondary N) is 2. The summed E-state index contributed by atoms with van der Waals surface area (Å²) < 4.78 is 0. The van der Waals surface area contributed by atoms with Crippen LogP contribution in [0.15, 0.2) is 41.5 Å². The molecule has 2 aromatic heterocycles. The summed E-state index contributed by atoms with van der Waals surface area (Å²) in [6, 6.07) is 6.47. The Bertz CT molecular complexity index is 660. The van der Waals surface area contributed by atoms with Crippen LogP contribution < -0.4 is 15.8 Å². The average molecular weight is 286 g/mol. The number of amides is 1. The molecule has 0 saturated heterocycles. The van der Waals surface area contributed by atoms with Gasteiger partial charge in [0.15, 0.2) is 0 Å². The summed E-state index contributed by atoms with van der Waals surface area (Å²) in [5, 5.41) is 2.71. The SMILES string of the molecule is CCN(CC)c1ccc(NC(=O)c2cc[nH]c(=O)c2)cn1. The fourth-order valence-corrected chi connectivity index (χ4v) is 1.98. The van der Waals surface area contributed by atoms with Gasteiger partial charge in [-0.1, -0.05) is 0 Å². The molecular formula is C15H18N4O2. The van der Waals surface area contributed by atoms with Crippen LogP contribution in [0.2, 0.25) is 0 Å². The molecule has 0 unspecified atom stereocenters. The van der Waals surface area contributed by atoms with Gasteiger partial charge >= 0.3 is 0 Å². The number of anilines is 2. The molecule has 0 aliphatic rings. The Balaban J connectivity index is 2.10. The van der Waals surface area contributed by atoms with Gasteiger partial charge in [0, 0.05) is 30.9 Å². The summed E-state index contributed by atoms with van der Waals surface area (Å²) in [5.41, 5.74) is 0.598. The third-order valence-corrected chi connectivity index (χ3v) is 3.13. The van der Waals surface area contributed by atoms with E-state index >= 15 is 0 Å². The lowest BCUT2D eigenvalue weighted by molar-refractivity contribution is 0.102. The Kier molecular flexibility index (Phi) is 4.71. The van der Waals surface area contributed by atoms with Crippen LogP contribution in [0.1, 0.15) is 24.2 Å². The summed E-state index contributed by atoms with van der Waals surface area (Å²) in [5.74, 6) is 0.535. The topological polar surface area (TPSA) is 78.1 Å². The van der Waals surface area contributed by atoms with E-state index in [1.807, 2.05) is 6.07 Å². The van der Waals surface area contributed by atoms with E-state index in [2.05, 4.69) is 34.0 Å². The highest BCUT2D eigenvalue weighted by molar-refractivity contribution is 6.04. The molecule has 1 amide bonds. The monoisotopic (exact) mass is 286 g/mol. The maximum atomic E-state index is 12.0. The molecule has 0 saturated carbocycles. The Morgan fingerprint density at radius 2 is 2.05 bits per heavy atom. The van der Waals surface area contributed by atoms with Gasteiger partial charge in [0.05, 0.1) is 11.9 Å². The van der Waals surface area contributed by atoms with Gasteiger partial charge in [0.1, 0.15) is 5.82 Å². The standard InChI is InChI=1S/C15H18N4O2/c1-3-19(4-2)13-6-5-12(10-17-13)18-15(21)11-7-8-16-14(20)9-11/h5-10H,3-4H2,1-2H3,(H,16,20)(H,18,21). The molecule has 21 heavy (non-hydrogen) atoms. The second kappa shape index (κ2) is 6.69. The third-order valence-electron chi connectivity index (χ3n) is 3.13. The van der Waals surface area contributed by atoms with Crippen LogP contribution in [0.5, 0.6) is 0 Å². The molecule has 2 aromatic rings. The van der Waals surface area contributed by atoms with E-state index in [1.165, 1.54) is 12.3 Å². The molecule has 0 fully saturated rings. The lowest BCUT2D eigenvalue weighted by atomic mass is 10.2. The largest absolute Gasteiger partial charge is 0.357 e. The maximum absolute atomic E-state index is 12.0. The lowest BCUT2D eigenvalue weighted by Crippen LogP contribution is -2.23. The van der Waals surface area contributed by atoms with Crippen LogP contribution in [0.25, 0.3) is 0 Å². The first-order valence-corrected chi connectivity index (χ1v) is 6.85. The first kappa shape index (κ1) is 14.8. The number of carbonyl (C=O) groups excluding carboxylic acids is 1. The first-order valence-electron chi connectivity index (χ1n) is 6.85. The lowest BCUT2D eigenvalue weighted by Gasteiger charge is -2.19. The molecule has 110 valence electrons. The van der Waals surface area contributed by atoms with Crippen molar-refractivity contribution in [3.05, 3.63) is 52.6 Å². The number of hydrogen-bond donors (Lipinski definition) is 2. The Morgan fingerprint density at radius 3 is 2.62 bits per heavy atom. The predicted molar refractivity (Wildman–Crippen MR) is 82.8 cm³/mol. The zero-order valence-electron chi connectivity index (χ0n) is 12.1.